The van der Waals surface area contributed by atoms with Crippen molar-refractivity contribution >= 4 is 17.6 Å². The monoisotopic (exact) mass is 531 g/mol. The van der Waals surface area contributed by atoms with E-state index >= 15 is 0 Å². The van der Waals surface area contributed by atoms with E-state index in [2.05, 4.69) is 28.9 Å². The van der Waals surface area contributed by atoms with Crippen molar-refractivity contribution in [3.8, 4) is 22.8 Å². The van der Waals surface area contributed by atoms with Gasteiger partial charge in [0.05, 0.1) is 19.9 Å². The molecule has 0 saturated carbocycles. The molecule has 4 rings (SSSR count). The molecule has 0 N–H and O–H groups in total. The Morgan fingerprint density at radius 3 is 2.26 bits per heavy atom. The maximum atomic E-state index is 13.4. The van der Waals surface area contributed by atoms with Crippen LogP contribution in [0.2, 0.25) is 0 Å². The molecule has 1 saturated heterocycles. The SMILES string of the molecule is CC[C@H](C)CN(CC(=O)N1CCN(c2ccc(-c3ccc(OC)cc3)nn2)CC1)C(=O)c1cccc(OC)c1. The molecular formula is C30H37N5O4. The highest BCUT2D eigenvalue weighted by molar-refractivity contribution is 5.97. The van der Waals surface area contributed by atoms with E-state index in [-0.39, 0.29) is 24.3 Å². The van der Waals surface area contributed by atoms with Crippen LogP contribution >= 0.6 is 0 Å². The predicted molar refractivity (Wildman–Crippen MR) is 151 cm³/mol. The van der Waals surface area contributed by atoms with Gasteiger partial charge in [-0.3, -0.25) is 9.59 Å². The molecule has 2 amide bonds. The Morgan fingerprint density at radius 1 is 0.923 bits per heavy atom. The highest BCUT2D eigenvalue weighted by Crippen LogP contribution is 2.22. The van der Waals surface area contributed by atoms with Crippen LogP contribution in [-0.2, 0) is 4.79 Å². The Hall–Kier alpha value is -4.14. The van der Waals surface area contributed by atoms with Gasteiger partial charge in [-0.15, -0.1) is 10.2 Å². The highest BCUT2D eigenvalue weighted by atomic mass is 16.5. The van der Waals surface area contributed by atoms with E-state index in [9.17, 15) is 9.59 Å². The summed E-state index contributed by atoms with van der Waals surface area (Å²) in [6, 6.07) is 18.7. The lowest BCUT2D eigenvalue weighted by atomic mass is 10.1. The summed E-state index contributed by atoms with van der Waals surface area (Å²) in [5.74, 6) is 2.27. The van der Waals surface area contributed by atoms with Crippen LogP contribution in [0.25, 0.3) is 11.3 Å². The number of methoxy groups -OCH3 is 2. The largest absolute Gasteiger partial charge is 0.497 e. The van der Waals surface area contributed by atoms with E-state index in [1.807, 2.05) is 41.3 Å². The van der Waals surface area contributed by atoms with Crippen LogP contribution in [0.5, 0.6) is 11.5 Å². The van der Waals surface area contributed by atoms with Gasteiger partial charge in [0.2, 0.25) is 5.91 Å². The van der Waals surface area contributed by atoms with E-state index < -0.39 is 0 Å². The van der Waals surface area contributed by atoms with Gasteiger partial charge in [0, 0.05) is 43.9 Å². The Morgan fingerprint density at radius 2 is 1.64 bits per heavy atom. The van der Waals surface area contributed by atoms with Crippen LogP contribution in [0.1, 0.15) is 30.6 Å². The predicted octanol–water partition coefficient (Wildman–Crippen LogP) is 4.00. The van der Waals surface area contributed by atoms with Crippen molar-refractivity contribution in [3.05, 3.63) is 66.2 Å². The molecule has 1 aromatic heterocycles. The number of hydrogen-bond donors (Lipinski definition) is 0. The van der Waals surface area contributed by atoms with Crippen molar-refractivity contribution in [3.63, 3.8) is 0 Å². The second kappa shape index (κ2) is 13.1. The fourth-order valence-electron chi connectivity index (χ4n) is 4.52. The number of nitrogens with zero attached hydrogens (tertiary/aromatic N) is 5. The van der Waals surface area contributed by atoms with Crippen LogP contribution in [0, 0.1) is 5.92 Å². The first-order valence-corrected chi connectivity index (χ1v) is 13.4. The van der Waals surface area contributed by atoms with E-state index in [1.54, 1.807) is 43.4 Å². The molecule has 3 aromatic rings. The smallest absolute Gasteiger partial charge is 0.254 e. The number of anilines is 1. The Labute approximate surface area is 230 Å². The highest BCUT2D eigenvalue weighted by Gasteiger charge is 2.27. The van der Waals surface area contributed by atoms with Crippen molar-refractivity contribution in [2.45, 2.75) is 20.3 Å². The summed E-state index contributed by atoms with van der Waals surface area (Å²) in [6.45, 7) is 7.18. The maximum Gasteiger partial charge on any atom is 0.254 e. The molecule has 206 valence electrons. The van der Waals surface area contributed by atoms with Crippen LogP contribution in [-0.4, -0.2) is 85.3 Å². The van der Waals surface area contributed by atoms with Gasteiger partial charge in [0.15, 0.2) is 5.82 Å². The Balaban J connectivity index is 1.36. The van der Waals surface area contributed by atoms with Crippen LogP contribution < -0.4 is 14.4 Å². The zero-order valence-corrected chi connectivity index (χ0v) is 23.2. The molecule has 1 aliphatic heterocycles. The van der Waals surface area contributed by atoms with Gasteiger partial charge in [-0.25, -0.2) is 0 Å². The maximum absolute atomic E-state index is 13.4. The van der Waals surface area contributed by atoms with Gasteiger partial charge < -0.3 is 24.2 Å². The second-order valence-electron chi connectivity index (χ2n) is 9.80. The molecule has 0 spiro atoms. The van der Waals surface area contributed by atoms with Crippen molar-refractivity contribution in [2.24, 2.45) is 5.92 Å². The number of ether oxygens (including phenoxy) is 2. The minimum atomic E-state index is -0.159. The average molecular weight is 532 g/mol. The summed E-state index contributed by atoms with van der Waals surface area (Å²) in [5, 5.41) is 8.83. The molecule has 2 heterocycles. The third kappa shape index (κ3) is 7.04. The van der Waals surface area contributed by atoms with Crippen LogP contribution in [0.3, 0.4) is 0 Å². The molecule has 1 aliphatic rings. The molecule has 2 aromatic carbocycles. The molecule has 1 fully saturated rings. The minimum absolute atomic E-state index is 0.0462. The Kier molecular flexibility index (Phi) is 9.35. The first kappa shape index (κ1) is 27.9. The first-order chi connectivity index (χ1) is 18.9. The summed E-state index contributed by atoms with van der Waals surface area (Å²) < 4.78 is 10.5. The number of amides is 2. The fraction of sp³-hybridized carbons (Fsp3) is 0.400. The number of hydrogen-bond acceptors (Lipinski definition) is 7. The number of benzene rings is 2. The summed E-state index contributed by atoms with van der Waals surface area (Å²) in [4.78, 5) is 32.3. The molecule has 0 radical (unpaired) electrons. The number of carbonyl (C=O) groups excluding carboxylic acids is 2. The van der Waals surface area contributed by atoms with Crippen molar-refractivity contribution in [1.29, 1.82) is 0 Å². The number of carbonyl (C=O) groups is 2. The number of piperazine rings is 1. The first-order valence-electron chi connectivity index (χ1n) is 13.4. The zero-order valence-electron chi connectivity index (χ0n) is 23.2. The summed E-state index contributed by atoms with van der Waals surface area (Å²) >= 11 is 0. The standard InChI is InChI=1S/C30H37N5O4/c1-5-22(2)20-35(30(37)24-7-6-8-26(19-24)39-4)21-29(36)34-17-15-33(16-18-34)28-14-13-27(31-32-28)23-9-11-25(38-3)12-10-23/h6-14,19,22H,5,15-18,20-21H2,1-4H3/t22-/m0/s1. The van der Waals surface area contributed by atoms with Crippen molar-refractivity contribution in [2.75, 3.05) is 58.4 Å². The van der Waals surface area contributed by atoms with E-state index in [0.29, 0.717) is 44.0 Å². The third-order valence-electron chi connectivity index (χ3n) is 7.15. The van der Waals surface area contributed by atoms with Gasteiger partial charge in [0.25, 0.3) is 5.91 Å². The minimum Gasteiger partial charge on any atom is -0.497 e. The summed E-state index contributed by atoms with van der Waals surface area (Å²) in [5.41, 5.74) is 2.28. The van der Waals surface area contributed by atoms with E-state index in [0.717, 1.165) is 29.2 Å². The van der Waals surface area contributed by atoms with Gasteiger partial charge in [0.1, 0.15) is 18.0 Å². The normalized spacial score (nSPS) is 14.1. The van der Waals surface area contributed by atoms with Gasteiger partial charge in [-0.1, -0.05) is 26.3 Å². The van der Waals surface area contributed by atoms with E-state index in [4.69, 9.17) is 9.47 Å². The molecule has 0 unspecified atom stereocenters. The quantitative estimate of drug-likeness (QED) is 0.391. The van der Waals surface area contributed by atoms with Crippen molar-refractivity contribution in [1.82, 2.24) is 20.0 Å². The zero-order chi connectivity index (χ0) is 27.8. The lowest BCUT2D eigenvalue weighted by molar-refractivity contribution is -0.132. The number of aromatic nitrogens is 2. The fourth-order valence-corrected chi connectivity index (χ4v) is 4.52. The van der Waals surface area contributed by atoms with Gasteiger partial charge in [-0.2, -0.15) is 0 Å². The second-order valence-corrected chi connectivity index (χ2v) is 9.80. The van der Waals surface area contributed by atoms with Gasteiger partial charge >= 0.3 is 0 Å². The molecule has 39 heavy (non-hydrogen) atoms. The average Bonchev–Trinajstić information content (AvgIpc) is 3.00. The molecule has 9 nitrogen and oxygen atoms in total. The topological polar surface area (TPSA) is 88.1 Å². The summed E-state index contributed by atoms with van der Waals surface area (Å²) in [7, 11) is 3.21. The summed E-state index contributed by atoms with van der Waals surface area (Å²) in [6.07, 6.45) is 0.924. The number of rotatable bonds is 10. The van der Waals surface area contributed by atoms with E-state index in [1.165, 1.54) is 0 Å². The molecule has 0 bridgehead atoms. The third-order valence-corrected chi connectivity index (χ3v) is 7.15. The van der Waals surface area contributed by atoms with Crippen LogP contribution in [0.15, 0.2) is 60.7 Å². The lowest BCUT2D eigenvalue weighted by Gasteiger charge is -2.36. The lowest BCUT2D eigenvalue weighted by Crippen LogP contribution is -2.52. The molecule has 0 aliphatic carbocycles. The molecular weight excluding hydrogens is 494 g/mol. The Bertz CT molecular complexity index is 1240. The van der Waals surface area contributed by atoms with Gasteiger partial charge in [-0.05, 0) is 60.5 Å². The van der Waals surface area contributed by atoms with Crippen LogP contribution in [0.4, 0.5) is 5.82 Å². The van der Waals surface area contributed by atoms with Crippen molar-refractivity contribution < 1.29 is 19.1 Å². The molecule has 1 atom stereocenters. The molecule has 9 heteroatoms.